The highest BCUT2D eigenvalue weighted by Crippen LogP contribution is 2.16. The van der Waals surface area contributed by atoms with Crippen molar-refractivity contribution < 1.29 is 9.59 Å². The average molecular weight is 322 g/mol. The molecule has 1 heterocycles. The van der Waals surface area contributed by atoms with Crippen molar-refractivity contribution in [3.05, 3.63) is 66.0 Å². The van der Waals surface area contributed by atoms with Gasteiger partial charge in [0.1, 0.15) is 18.4 Å². The van der Waals surface area contributed by atoms with E-state index in [0.717, 1.165) is 16.9 Å². The van der Waals surface area contributed by atoms with Gasteiger partial charge >= 0.3 is 0 Å². The molecule has 0 saturated heterocycles. The van der Waals surface area contributed by atoms with Crippen LogP contribution in [0.25, 0.3) is 11.0 Å². The molecule has 24 heavy (non-hydrogen) atoms. The van der Waals surface area contributed by atoms with E-state index < -0.39 is 11.9 Å². The van der Waals surface area contributed by atoms with Crippen LogP contribution >= 0.6 is 0 Å². The number of nitrogens with two attached hydrogens (primary N) is 1. The van der Waals surface area contributed by atoms with Crippen molar-refractivity contribution in [3.8, 4) is 0 Å². The van der Waals surface area contributed by atoms with Gasteiger partial charge in [-0.2, -0.15) is 0 Å². The first-order chi connectivity index (χ1) is 11.6. The number of hydrogen-bond donors (Lipinski definition) is 2. The molecular formula is C18H18N4O2. The topological polar surface area (TPSA) is 90.0 Å². The monoisotopic (exact) mass is 322 g/mol. The van der Waals surface area contributed by atoms with Gasteiger partial charge in [-0.1, -0.05) is 42.5 Å². The molecule has 1 unspecified atom stereocenters. The van der Waals surface area contributed by atoms with E-state index >= 15 is 0 Å². The second-order valence-electron chi connectivity index (χ2n) is 5.55. The SMILES string of the molecule is Cc1nc2ccccc2n1CC(=O)NC(C(N)=O)c1ccccc1. The summed E-state index contributed by atoms with van der Waals surface area (Å²) < 4.78 is 1.81. The van der Waals surface area contributed by atoms with Crippen LogP contribution in [0.4, 0.5) is 0 Å². The summed E-state index contributed by atoms with van der Waals surface area (Å²) >= 11 is 0. The number of primary amides is 1. The van der Waals surface area contributed by atoms with Gasteiger partial charge in [0.15, 0.2) is 0 Å². The van der Waals surface area contributed by atoms with E-state index in [0.29, 0.717) is 5.56 Å². The van der Waals surface area contributed by atoms with Crippen molar-refractivity contribution in [2.45, 2.75) is 19.5 Å². The molecular weight excluding hydrogens is 304 g/mol. The summed E-state index contributed by atoms with van der Waals surface area (Å²) in [6.45, 7) is 1.92. The number of hydrogen-bond acceptors (Lipinski definition) is 3. The van der Waals surface area contributed by atoms with Gasteiger partial charge in [-0.25, -0.2) is 4.98 Å². The molecule has 0 bridgehead atoms. The molecule has 3 rings (SSSR count). The Labute approximate surface area is 139 Å². The lowest BCUT2D eigenvalue weighted by molar-refractivity contribution is -0.127. The maximum Gasteiger partial charge on any atom is 0.244 e. The van der Waals surface area contributed by atoms with Gasteiger partial charge < -0.3 is 15.6 Å². The van der Waals surface area contributed by atoms with Gasteiger partial charge in [-0.3, -0.25) is 9.59 Å². The highest BCUT2D eigenvalue weighted by Gasteiger charge is 2.20. The zero-order valence-electron chi connectivity index (χ0n) is 13.3. The average Bonchev–Trinajstić information content (AvgIpc) is 2.89. The van der Waals surface area contributed by atoms with Crippen LogP contribution in [0.3, 0.4) is 0 Å². The molecule has 0 fully saturated rings. The first-order valence-electron chi connectivity index (χ1n) is 7.62. The predicted octanol–water partition coefficient (Wildman–Crippen LogP) is 1.69. The largest absolute Gasteiger partial charge is 0.368 e. The second-order valence-corrected chi connectivity index (χ2v) is 5.55. The summed E-state index contributed by atoms with van der Waals surface area (Å²) in [6, 6.07) is 15.7. The number of amides is 2. The molecule has 6 heteroatoms. The van der Waals surface area contributed by atoms with E-state index in [9.17, 15) is 9.59 Å². The Morgan fingerprint density at radius 1 is 1.12 bits per heavy atom. The predicted molar refractivity (Wildman–Crippen MR) is 91.0 cm³/mol. The van der Waals surface area contributed by atoms with Crippen LogP contribution in [0.1, 0.15) is 17.4 Å². The standard InChI is InChI=1S/C18H18N4O2/c1-12-20-14-9-5-6-10-15(14)22(12)11-16(23)21-17(18(19)24)13-7-3-2-4-8-13/h2-10,17H,11H2,1H3,(H2,19,24)(H,21,23). The third kappa shape index (κ3) is 3.12. The molecule has 2 aromatic carbocycles. The number of aryl methyl sites for hydroxylation is 1. The van der Waals surface area contributed by atoms with Gasteiger partial charge in [0.2, 0.25) is 11.8 Å². The number of rotatable bonds is 5. The summed E-state index contributed by atoms with van der Waals surface area (Å²) in [4.78, 5) is 28.6. The maximum absolute atomic E-state index is 12.4. The molecule has 6 nitrogen and oxygen atoms in total. The smallest absolute Gasteiger partial charge is 0.244 e. The molecule has 0 radical (unpaired) electrons. The van der Waals surface area contributed by atoms with E-state index in [1.165, 1.54) is 0 Å². The van der Waals surface area contributed by atoms with Gasteiger partial charge in [0.25, 0.3) is 0 Å². The van der Waals surface area contributed by atoms with Gasteiger partial charge in [0.05, 0.1) is 11.0 Å². The van der Waals surface area contributed by atoms with Crippen molar-refractivity contribution in [2.75, 3.05) is 0 Å². The van der Waals surface area contributed by atoms with E-state index in [2.05, 4.69) is 10.3 Å². The zero-order chi connectivity index (χ0) is 17.1. The van der Waals surface area contributed by atoms with Crippen molar-refractivity contribution in [1.82, 2.24) is 14.9 Å². The molecule has 0 spiro atoms. The maximum atomic E-state index is 12.4. The van der Waals surface area contributed by atoms with E-state index in [-0.39, 0.29) is 12.5 Å². The summed E-state index contributed by atoms with van der Waals surface area (Å²) in [5, 5.41) is 2.70. The van der Waals surface area contributed by atoms with Crippen LogP contribution in [0.15, 0.2) is 54.6 Å². The zero-order valence-corrected chi connectivity index (χ0v) is 13.3. The molecule has 0 aliphatic carbocycles. The number of para-hydroxylation sites is 2. The van der Waals surface area contributed by atoms with Crippen LogP contribution in [0.5, 0.6) is 0 Å². The Morgan fingerprint density at radius 2 is 1.79 bits per heavy atom. The van der Waals surface area contributed by atoms with E-state index in [1.54, 1.807) is 24.3 Å². The van der Waals surface area contributed by atoms with Crippen molar-refractivity contribution >= 4 is 22.8 Å². The Bertz CT molecular complexity index is 886. The number of carbonyl (C=O) groups excluding carboxylic acids is 2. The third-order valence-corrected chi connectivity index (χ3v) is 3.87. The highest BCUT2D eigenvalue weighted by molar-refractivity contribution is 5.88. The fourth-order valence-electron chi connectivity index (χ4n) is 2.71. The van der Waals surface area contributed by atoms with Crippen LogP contribution in [0, 0.1) is 6.92 Å². The molecule has 3 N–H and O–H groups in total. The summed E-state index contributed by atoms with van der Waals surface area (Å²) in [7, 11) is 0. The number of imidazole rings is 1. The molecule has 2 amide bonds. The Hall–Kier alpha value is -3.15. The normalized spacial score (nSPS) is 12.0. The number of nitrogens with one attached hydrogen (secondary N) is 1. The lowest BCUT2D eigenvalue weighted by Crippen LogP contribution is -2.39. The minimum absolute atomic E-state index is 0.0724. The minimum atomic E-state index is -0.853. The minimum Gasteiger partial charge on any atom is -0.368 e. The fourth-order valence-corrected chi connectivity index (χ4v) is 2.71. The van der Waals surface area contributed by atoms with Crippen molar-refractivity contribution in [1.29, 1.82) is 0 Å². The van der Waals surface area contributed by atoms with Gasteiger partial charge in [-0.05, 0) is 24.6 Å². The Balaban J connectivity index is 1.81. The van der Waals surface area contributed by atoms with Crippen molar-refractivity contribution in [3.63, 3.8) is 0 Å². The van der Waals surface area contributed by atoms with Crippen LogP contribution < -0.4 is 11.1 Å². The van der Waals surface area contributed by atoms with Gasteiger partial charge in [-0.15, -0.1) is 0 Å². The number of fused-ring (bicyclic) bond motifs is 1. The number of nitrogens with zero attached hydrogens (tertiary/aromatic N) is 2. The third-order valence-electron chi connectivity index (χ3n) is 3.87. The lowest BCUT2D eigenvalue weighted by atomic mass is 10.1. The van der Waals surface area contributed by atoms with Crippen molar-refractivity contribution in [2.24, 2.45) is 5.73 Å². The molecule has 1 atom stereocenters. The summed E-state index contributed by atoms with van der Waals surface area (Å²) in [5.74, 6) is -0.155. The number of benzene rings is 2. The number of aromatic nitrogens is 2. The fraction of sp³-hybridized carbons (Fsp3) is 0.167. The van der Waals surface area contributed by atoms with Crippen LogP contribution in [-0.4, -0.2) is 21.4 Å². The summed E-state index contributed by atoms with van der Waals surface area (Å²) in [6.07, 6.45) is 0. The molecule has 1 aromatic heterocycles. The second kappa shape index (κ2) is 6.54. The first-order valence-corrected chi connectivity index (χ1v) is 7.62. The Kier molecular flexibility index (Phi) is 4.29. The lowest BCUT2D eigenvalue weighted by Gasteiger charge is -2.16. The quantitative estimate of drug-likeness (QED) is 0.749. The molecule has 3 aromatic rings. The molecule has 0 aliphatic heterocycles. The first kappa shape index (κ1) is 15.7. The van der Waals surface area contributed by atoms with Crippen LogP contribution in [-0.2, 0) is 16.1 Å². The number of carbonyl (C=O) groups is 2. The summed E-state index contributed by atoms with van der Waals surface area (Å²) in [5.41, 5.74) is 7.80. The van der Waals surface area contributed by atoms with Gasteiger partial charge in [0, 0.05) is 0 Å². The van der Waals surface area contributed by atoms with Crippen LogP contribution in [0.2, 0.25) is 0 Å². The Morgan fingerprint density at radius 3 is 2.50 bits per heavy atom. The molecule has 0 aliphatic rings. The van der Waals surface area contributed by atoms with E-state index in [1.807, 2.05) is 41.8 Å². The van der Waals surface area contributed by atoms with E-state index in [4.69, 9.17) is 5.73 Å². The molecule has 122 valence electrons. The highest BCUT2D eigenvalue weighted by atomic mass is 16.2. The molecule has 0 saturated carbocycles.